The molecule has 2 aliphatic carbocycles. The maximum Gasteiger partial charge on any atom is 0.254 e. The summed E-state index contributed by atoms with van der Waals surface area (Å²) in [5.41, 5.74) is 1.71. The molecule has 148 valence electrons. The lowest BCUT2D eigenvalue weighted by atomic mass is 9.76. The molecule has 1 aromatic rings. The van der Waals surface area contributed by atoms with Gasteiger partial charge in [0.15, 0.2) is 0 Å². The van der Waals surface area contributed by atoms with Crippen molar-refractivity contribution in [3.05, 3.63) is 27.4 Å². The van der Waals surface area contributed by atoms with Crippen LogP contribution in [0.4, 0.5) is 0 Å². The number of carbonyl (C=O) groups excluding carboxylic acids is 1. The molecule has 2 fully saturated rings. The quantitative estimate of drug-likeness (QED) is 0.753. The fourth-order valence-corrected chi connectivity index (χ4v) is 5.02. The number of piperidine rings is 1. The Morgan fingerprint density at radius 3 is 2.59 bits per heavy atom. The molecule has 0 unspecified atom stereocenters. The van der Waals surface area contributed by atoms with Crippen molar-refractivity contribution in [3.8, 4) is 0 Å². The van der Waals surface area contributed by atoms with E-state index in [9.17, 15) is 18.0 Å². The highest BCUT2D eigenvalue weighted by molar-refractivity contribution is 7.89. The van der Waals surface area contributed by atoms with Crippen LogP contribution in [0.15, 0.2) is 4.79 Å². The molecule has 1 aromatic heterocycles. The second-order valence-electron chi connectivity index (χ2n) is 8.18. The van der Waals surface area contributed by atoms with Gasteiger partial charge >= 0.3 is 0 Å². The van der Waals surface area contributed by atoms with Crippen molar-refractivity contribution in [3.63, 3.8) is 0 Å². The molecule has 0 radical (unpaired) electrons. The van der Waals surface area contributed by atoms with Crippen LogP contribution < -0.4 is 10.7 Å². The fourth-order valence-electron chi connectivity index (χ4n) is 4.47. The first kappa shape index (κ1) is 18.6. The summed E-state index contributed by atoms with van der Waals surface area (Å²) >= 11 is 0. The molecule has 27 heavy (non-hydrogen) atoms. The van der Waals surface area contributed by atoms with Crippen molar-refractivity contribution in [1.82, 2.24) is 14.9 Å². The molecular formula is C18H26N4O4S. The Labute approximate surface area is 158 Å². The molecule has 3 N–H and O–H groups in total. The zero-order chi connectivity index (χ0) is 19.2. The van der Waals surface area contributed by atoms with Crippen molar-refractivity contribution in [2.24, 2.45) is 5.14 Å². The predicted octanol–water partition coefficient (Wildman–Crippen LogP) is 0.522. The first-order valence-electron chi connectivity index (χ1n) is 9.69. The highest BCUT2D eigenvalue weighted by Gasteiger charge is 2.45. The molecule has 9 heteroatoms. The van der Waals surface area contributed by atoms with Crippen LogP contribution in [0, 0.1) is 0 Å². The van der Waals surface area contributed by atoms with Crippen LogP contribution >= 0.6 is 0 Å². The Kier molecular flexibility index (Phi) is 4.62. The monoisotopic (exact) mass is 394 g/mol. The zero-order valence-corrected chi connectivity index (χ0v) is 16.2. The molecule has 2 heterocycles. The van der Waals surface area contributed by atoms with Gasteiger partial charge in [-0.05, 0) is 44.9 Å². The van der Waals surface area contributed by atoms with Gasteiger partial charge in [-0.3, -0.25) is 9.59 Å². The number of aromatic amines is 1. The number of carbonyl (C=O) groups is 1. The average molecular weight is 394 g/mol. The van der Waals surface area contributed by atoms with Crippen molar-refractivity contribution < 1.29 is 13.2 Å². The van der Waals surface area contributed by atoms with Crippen LogP contribution in [0.3, 0.4) is 0 Å². The van der Waals surface area contributed by atoms with Crippen molar-refractivity contribution in [2.45, 2.75) is 62.7 Å². The Balaban J connectivity index is 1.43. The third-order valence-electron chi connectivity index (χ3n) is 6.25. The summed E-state index contributed by atoms with van der Waals surface area (Å²) in [5.74, 6) is 1.05. The van der Waals surface area contributed by atoms with Crippen LogP contribution in [0.5, 0.6) is 0 Å². The topological polar surface area (TPSA) is 126 Å². The number of nitrogens with zero attached hydrogens (tertiary/aromatic N) is 2. The minimum atomic E-state index is -3.52. The van der Waals surface area contributed by atoms with Gasteiger partial charge in [0.05, 0.1) is 11.4 Å². The van der Waals surface area contributed by atoms with Gasteiger partial charge in [0.25, 0.3) is 5.56 Å². The summed E-state index contributed by atoms with van der Waals surface area (Å²) < 4.78 is 22.0. The third kappa shape index (κ3) is 3.80. The van der Waals surface area contributed by atoms with Crippen molar-refractivity contribution >= 4 is 15.9 Å². The number of rotatable bonds is 5. The maximum absolute atomic E-state index is 12.4. The van der Waals surface area contributed by atoms with Crippen LogP contribution in [-0.2, 0) is 26.7 Å². The number of nitrogens with one attached hydrogen (secondary N) is 1. The van der Waals surface area contributed by atoms with Gasteiger partial charge < -0.3 is 9.88 Å². The van der Waals surface area contributed by atoms with Gasteiger partial charge in [-0.25, -0.2) is 18.5 Å². The number of fused-ring (bicyclic) bond motifs is 2. The molecule has 1 aliphatic heterocycles. The number of aromatic nitrogens is 2. The first-order chi connectivity index (χ1) is 12.8. The summed E-state index contributed by atoms with van der Waals surface area (Å²) in [6, 6.07) is 0. The van der Waals surface area contributed by atoms with E-state index in [1.54, 1.807) is 4.90 Å². The zero-order valence-electron chi connectivity index (χ0n) is 15.4. The number of H-pyrrole nitrogens is 1. The smallest absolute Gasteiger partial charge is 0.254 e. The predicted molar refractivity (Wildman–Crippen MR) is 99.9 cm³/mol. The number of likely N-dealkylation sites (tertiary alicyclic amines) is 1. The molecule has 0 bridgehead atoms. The van der Waals surface area contributed by atoms with Gasteiger partial charge in [0.2, 0.25) is 15.9 Å². The summed E-state index contributed by atoms with van der Waals surface area (Å²) in [4.78, 5) is 34.4. The van der Waals surface area contributed by atoms with Crippen LogP contribution in [0.1, 0.15) is 67.9 Å². The average Bonchev–Trinajstić information content (AvgIpc) is 3.39. The molecule has 8 nitrogen and oxygen atoms in total. The highest BCUT2D eigenvalue weighted by atomic mass is 32.2. The van der Waals surface area contributed by atoms with Gasteiger partial charge in [-0.15, -0.1) is 0 Å². The normalized spacial score (nSPS) is 21.4. The minimum absolute atomic E-state index is 0.0141. The van der Waals surface area contributed by atoms with E-state index in [0.29, 0.717) is 19.0 Å². The number of hydrogen-bond acceptors (Lipinski definition) is 5. The second-order valence-corrected chi connectivity index (χ2v) is 9.92. The van der Waals surface area contributed by atoms with Crippen LogP contribution in [0.25, 0.3) is 0 Å². The van der Waals surface area contributed by atoms with Crippen LogP contribution in [-0.4, -0.2) is 48.0 Å². The summed E-state index contributed by atoms with van der Waals surface area (Å²) in [6.07, 6.45) is 5.92. The molecule has 1 saturated carbocycles. The number of nitrogens with two attached hydrogens (primary N) is 1. The van der Waals surface area contributed by atoms with Gasteiger partial charge in [0, 0.05) is 36.4 Å². The Morgan fingerprint density at radius 2 is 1.96 bits per heavy atom. The van der Waals surface area contributed by atoms with Crippen molar-refractivity contribution in [1.29, 1.82) is 0 Å². The van der Waals surface area contributed by atoms with E-state index in [4.69, 9.17) is 10.1 Å². The Bertz CT molecular complexity index is 912. The number of primary sulfonamides is 1. The molecule has 1 spiro atoms. The SMILES string of the molecule is NS(=O)(=O)CCCC(=O)N1CCC2(CCc3c2nc(C2CC2)[nH]c3=O)CC1. The van der Waals surface area contributed by atoms with Crippen LogP contribution in [0.2, 0.25) is 0 Å². The van der Waals surface area contributed by atoms with E-state index in [1.807, 2.05) is 0 Å². The lowest BCUT2D eigenvalue weighted by Crippen LogP contribution is -2.45. The van der Waals surface area contributed by atoms with Gasteiger partial charge in [0.1, 0.15) is 5.82 Å². The first-order valence-corrected chi connectivity index (χ1v) is 11.4. The molecule has 1 saturated heterocycles. The molecule has 0 atom stereocenters. The van der Waals surface area contributed by atoms with E-state index < -0.39 is 10.0 Å². The number of sulfonamides is 1. The van der Waals surface area contributed by atoms with E-state index in [-0.39, 0.29) is 35.5 Å². The van der Waals surface area contributed by atoms with Gasteiger partial charge in [-0.2, -0.15) is 0 Å². The number of hydrogen-bond donors (Lipinski definition) is 2. The molecule has 4 rings (SSSR count). The molecule has 1 amide bonds. The lowest BCUT2D eigenvalue weighted by Gasteiger charge is -2.39. The second kappa shape index (κ2) is 6.70. The standard InChI is InChI=1S/C18H26N4O4S/c19-27(25,26)11-1-2-14(23)22-9-7-18(8-10-22)6-5-13-15(18)20-16(12-3-4-12)21-17(13)24/h12H,1-11H2,(H2,19,25,26)(H,20,21,24). The Morgan fingerprint density at radius 1 is 1.26 bits per heavy atom. The summed E-state index contributed by atoms with van der Waals surface area (Å²) in [6.45, 7) is 1.25. The van der Waals surface area contributed by atoms with Crippen molar-refractivity contribution in [2.75, 3.05) is 18.8 Å². The molecular weight excluding hydrogens is 368 g/mol. The summed E-state index contributed by atoms with van der Waals surface area (Å²) in [7, 11) is -3.52. The Hall–Kier alpha value is -1.74. The summed E-state index contributed by atoms with van der Waals surface area (Å²) in [5, 5.41) is 4.99. The highest BCUT2D eigenvalue weighted by Crippen LogP contribution is 2.46. The maximum atomic E-state index is 12.4. The third-order valence-corrected chi connectivity index (χ3v) is 7.10. The fraction of sp³-hybridized carbons (Fsp3) is 0.722. The van der Waals surface area contributed by atoms with E-state index in [1.165, 1.54) is 0 Å². The largest absolute Gasteiger partial charge is 0.343 e. The van der Waals surface area contributed by atoms with Gasteiger partial charge in [-0.1, -0.05) is 0 Å². The van der Waals surface area contributed by atoms with E-state index >= 15 is 0 Å². The minimum Gasteiger partial charge on any atom is -0.343 e. The molecule has 0 aromatic carbocycles. The molecule has 3 aliphatic rings. The van der Waals surface area contributed by atoms with E-state index in [2.05, 4.69) is 4.98 Å². The number of amides is 1. The van der Waals surface area contributed by atoms with E-state index in [0.717, 1.165) is 55.6 Å². The lowest BCUT2D eigenvalue weighted by molar-refractivity contribution is -0.132.